The Balaban J connectivity index is 2.36. The van der Waals surface area contributed by atoms with Gasteiger partial charge in [0.05, 0.1) is 0 Å². The number of hydrogen-bond acceptors (Lipinski definition) is 0. The summed E-state index contributed by atoms with van der Waals surface area (Å²) in [6.07, 6.45) is 11.9. The van der Waals surface area contributed by atoms with Crippen molar-refractivity contribution in [1.29, 1.82) is 0 Å². The highest BCUT2D eigenvalue weighted by molar-refractivity contribution is 5.42. The maximum absolute atomic E-state index is 2.34. The lowest BCUT2D eigenvalue weighted by molar-refractivity contribution is 0.620. The fraction of sp³-hybridized carbons (Fsp3) is 0.538. The molecule has 0 bridgehead atoms. The lowest BCUT2D eigenvalue weighted by Crippen LogP contribution is -2.01. The molecule has 70 valence electrons. The Bertz CT molecular complexity index is 300. The minimum absolute atomic E-state index is 0.240. The number of hydrogen-bond donors (Lipinski definition) is 0. The molecule has 0 radical (unpaired) electrons. The van der Waals surface area contributed by atoms with Gasteiger partial charge in [-0.2, -0.15) is 0 Å². The summed E-state index contributed by atoms with van der Waals surface area (Å²) < 4.78 is 0. The number of allylic oxidation sites excluding steroid dienone is 6. The maximum atomic E-state index is 2.34. The zero-order valence-electron chi connectivity index (χ0n) is 8.80. The van der Waals surface area contributed by atoms with Gasteiger partial charge in [-0.1, -0.05) is 45.1 Å². The van der Waals surface area contributed by atoms with Gasteiger partial charge >= 0.3 is 0 Å². The van der Waals surface area contributed by atoms with Crippen LogP contribution < -0.4 is 0 Å². The van der Waals surface area contributed by atoms with Gasteiger partial charge in [-0.25, -0.2) is 0 Å². The first-order valence-corrected chi connectivity index (χ1v) is 5.20. The second kappa shape index (κ2) is 2.87. The van der Waals surface area contributed by atoms with Crippen LogP contribution in [0.15, 0.2) is 35.5 Å². The quantitative estimate of drug-likeness (QED) is 0.523. The molecule has 0 aromatic rings. The molecule has 0 saturated carbocycles. The molecule has 0 aromatic carbocycles. The summed E-state index contributed by atoms with van der Waals surface area (Å²) in [7, 11) is 0. The lowest BCUT2D eigenvalue weighted by atomic mass is 9.92. The first kappa shape index (κ1) is 8.80. The third-order valence-electron chi connectivity index (χ3n) is 3.15. The molecule has 1 unspecified atom stereocenters. The van der Waals surface area contributed by atoms with E-state index in [4.69, 9.17) is 0 Å². The average molecular weight is 174 g/mol. The van der Waals surface area contributed by atoms with E-state index in [0.717, 1.165) is 5.92 Å². The van der Waals surface area contributed by atoms with Crippen molar-refractivity contribution < 1.29 is 0 Å². The van der Waals surface area contributed by atoms with E-state index in [-0.39, 0.29) is 5.41 Å². The van der Waals surface area contributed by atoms with Crippen molar-refractivity contribution in [2.75, 3.05) is 0 Å². The fourth-order valence-corrected chi connectivity index (χ4v) is 2.11. The van der Waals surface area contributed by atoms with Crippen LogP contribution in [0.1, 0.15) is 33.6 Å². The summed E-state index contributed by atoms with van der Waals surface area (Å²) in [6.45, 7) is 6.85. The molecule has 0 amide bonds. The van der Waals surface area contributed by atoms with E-state index >= 15 is 0 Å². The zero-order chi connectivity index (χ0) is 9.47. The van der Waals surface area contributed by atoms with Gasteiger partial charge < -0.3 is 0 Å². The molecular formula is C13H18. The monoisotopic (exact) mass is 174 g/mol. The van der Waals surface area contributed by atoms with Crippen molar-refractivity contribution in [3.63, 3.8) is 0 Å². The minimum atomic E-state index is 0.240. The molecule has 2 aliphatic rings. The summed E-state index contributed by atoms with van der Waals surface area (Å²) in [5.41, 5.74) is 3.38. The van der Waals surface area contributed by atoms with Gasteiger partial charge in [0.2, 0.25) is 0 Å². The highest BCUT2D eigenvalue weighted by Crippen LogP contribution is 2.37. The normalized spacial score (nSPS) is 30.5. The van der Waals surface area contributed by atoms with Gasteiger partial charge in [0.1, 0.15) is 0 Å². The SMILES string of the molecule is CC1CCC2=C1C=CC(C)(C)C=C2. The van der Waals surface area contributed by atoms with Crippen molar-refractivity contribution in [3.8, 4) is 0 Å². The Morgan fingerprint density at radius 2 is 1.92 bits per heavy atom. The molecule has 0 fully saturated rings. The average Bonchev–Trinajstić information content (AvgIpc) is 2.32. The van der Waals surface area contributed by atoms with Crippen LogP contribution in [0, 0.1) is 11.3 Å². The molecule has 2 rings (SSSR count). The molecule has 13 heavy (non-hydrogen) atoms. The summed E-state index contributed by atoms with van der Waals surface area (Å²) in [4.78, 5) is 0. The van der Waals surface area contributed by atoms with E-state index < -0.39 is 0 Å². The summed E-state index contributed by atoms with van der Waals surface area (Å²) in [5, 5.41) is 0. The second-order valence-electron chi connectivity index (χ2n) is 4.91. The summed E-state index contributed by atoms with van der Waals surface area (Å²) in [5.74, 6) is 0.768. The highest BCUT2D eigenvalue weighted by Gasteiger charge is 2.21. The summed E-state index contributed by atoms with van der Waals surface area (Å²) >= 11 is 0. The Hall–Kier alpha value is -0.780. The van der Waals surface area contributed by atoms with E-state index in [0.29, 0.717) is 0 Å². The van der Waals surface area contributed by atoms with Crippen LogP contribution in [0.4, 0.5) is 0 Å². The van der Waals surface area contributed by atoms with Crippen LogP contribution in [0.2, 0.25) is 0 Å². The second-order valence-corrected chi connectivity index (χ2v) is 4.91. The van der Waals surface area contributed by atoms with Gasteiger partial charge in [0.15, 0.2) is 0 Å². The van der Waals surface area contributed by atoms with E-state index in [2.05, 4.69) is 45.1 Å². The predicted octanol–water partition coefficient (Wildman–Crippen LogP) is 3.87. The van der Waals surface area contributed by atoms with Crippen LogP contribution in [-0.4, -0.2) is 0 Å². The van der Waals surface area contributed by atoms with Gasteiger partial charge in [-0.15, -0.1) is 0 Å². The molecule has 0 heterocycles. The molecule has 0 N–H and O–H groups in total. The van der Waals surface area contributed by atoms with Gasteiger partial charge in [-0.05, 0) is 29.9 Å². The van der Waals surface area contributed by atoms with Crippen LogP contribution in [0.25, 0.3) is 0 Å². The van der Waals surface area contributed by atoms with E-state index in [1.54, 1.807) is 11.1 Å². The highest BCUT2D eigenvalue weighted by atomic mass is 14.3. The lowest BCUT2D eigenvalue weighted by Gasteiger charge is -2.13. The van der Waals surface area contributed by atoms with Gasteiger partial charge in [0.25, 0.3) is 0 Å². The van der Waals surface area contributed by atoms with Crippen molar-refractivity contribution in [2.45, 2.75) is 33.6 Å². The zero-order valence-corrected chi connectivity index (χ0v) is 8.80. The largest absolute Gasteiger partial charge is 0.0748 e. The smallest absolute Gasteiger partial charge is 0.00108 e. The van der Waals surface area contributed by atoms with Gasteiger partial charge in [-0.3, -0.25) is 0 Å². The van der Waals surface area contributed by atoms with Crippen LogP contribution in [-0.2, 0) is 0 Å². The Kier molecular flexibility index (Phi) is 1.94. The molecule has 0 heteroatoms. The van der Waals surface area contributed by atoms with Crippen LogP contribution in [0.5, 0.6) is 0 Å². The van der Waals surface area contributed by atoms with Crippen LogP contribution in [0.3, 0.4) is 0 Å². The standard InChI is InChI=1S/C13H18/c1-10-4-5-11-6-8-13(2,3)9-7-12(10)11/h6-10H,4-5H2,1-3H3. The molecule has 2 aliphatic carbocycles. The van der Waals surface area contributed by atoms with E-state index in [9.17, 15) is 0 Å². The fourth-order valence-electron chi connectivity index (χ4n) is 2.11. The third-order valence-corrected chi connectivity index (χ3v) is 3.15. The Morgan fingerprint density at radius 3 is 2.69 bits per heavy atom. The van der Waals surface area contributed by atoms with E-state index in [1.165, 1.54) is 12.8 Å². The van der Waals surface area contributed by atoms with Crippen molar-refractivity contribution in [3.05, 3.63) is 35.5 Å². The van der Waals surface area contributed by atoms with Crippen molar-refractivity contribution in [1.82, 2.24) is 0 Å². The molecule has 0 aliphatic heterocycles. The Morgan fingerprint density at radius 1 is 1.23 bits per heavy atom. The summed E-state index contributed by atoms with van der Waals surface area (Å²) in [6, 6.07) is 0. The molecular weight excluding hydrogens is 156 g/mol. The number of rotatable bonds is 0. The first-order valence-electron chi connectivity index (χ1n) is 5.20. The Labute approximate surface area is 81.0 Å². The van der Waals surface area contributed by atoms with Crippen molar-refractivity contribution >= 4 is 0 Å². The molecule has 0 saturated heterocycles. The van der Waals surface area contributed by atoms with Crippen molar-refractivity contribution in [2.24, 2.45) is 11.3 Å². The molecule has 0 aromatic heterocycles. The topological polar surface area (TPSA) is 0 Å². The van der Waals surface area contributed by atoms with Gasteiger partial charge in [0, 0.05) is 5.41 Å². The minimum Gasteiger partial charge on any atom is -0.0748 e. The van der Waals surface area contributed by atoms with Crippen LogP contribution >= 0.6 is 0 Å². The predicted molar refractivity (Wildman–Crippen MR) is 57.5 cm³/mol. The third kappa shape index (κ3) is 1.63. The maximum Gasteiger partial charge on any atom is 0.00108 e. The van der Waals surface area contributed by atoms with E-state index in [1.807, 2.05) is 0 Å². The molecule has 0 spiro atoms. The molecule has 0 nitrogen and oxygen atoms in total. The first-order chi connectivity index (χ1) is 6.08. The molecule has 1 atom stereocenters.